The fourth-order valence-corrected chi connectivity index (χ4v) is 3.65. The maximum Gasteiger partial charge on any atom is 0.357 e. The van der Waals surface area contributed by atoms with Gasteiger partial charge in [-0.15, -0.1) is 11.3 Å². The van der Waals surface area contributed by atoms with Crippen molar-refractivity contribution < 1.29 is 18.1 Å². The lowest BCUT2D eigenvalue weighted by Gasteiger charge is -2.17. The Labute approximate surface area is 166 Å². The molecule has 0 fully saturated rings. The minimum atomic E-state index is -4.33. The van der Waals surface area contributed by atoms with E-state index in [1.165, 1.54) is 29.5 Å². The van der Waals surface area contributed by atoms with Gasteiger partial charge >= 0.3 is 10.3 Å². The molecular weight excluding hydrogens is 402 g/mol. The number of benzene rings is 1. The van der Waals surface area contributed by atoms with Crippen molar-refractivity contribution in [3.63, 3.8) is 0 Å². The molecule has 0 aliphatic heterocycles. The van der Waals surface area contributed by atoms with Crippen molar-refractivity contribution in [1.29, 1.82) is 0 Å². The molecule has 9 nitrogen and oxygen atoms in total. The zero-order chi connectivity index (χ0) is 20.3. The lowest BCUT2D eigenvalue weighted by molar-refractivity contribution is 0.451. The number of aryl methyl sites for hydroxylation is 2. The van der Waals surface area contributed by atoms with Gasteiger partial charge in [-0.3, -0.25) is 9.27 Å². The van der Waals surface area contributed by atoms with Gasteiger partial charge in [0.1, 0.15) is 0 Å². The van der Waals surface area contributed by atoms with E-state index in [-0.39, 0.29) is 23.6 Å². The predicted molar refractivity (Wildman–Crippen MR) is 106 cm³/mol. The molecule has 0 bridgehead atoms. The molecule has 1 radical (unpaired) electrons. The normalized spacial score (nSPS) is 12.5. The number of hydrogen-bond acceptors (Lipinski definition) is 8. The quantitative estimate of drug-likeness (QED) is 0.428. The molecule has 11 heteroatoms. The minimum Gasteiger partial charge on any atom is -0.493 e. The molecular formula is C17H18N5O4S2. The van der Waals surface area contributed by atoms with Gasteiger partial charge in [-0.05, 0) is 44.0 Å². The lowest BCUT2D eigenvalue weighted by atomic mass is 10.0. The van der Waals surface area contributed by atoms with Crippen molar-refractivity contribution in [1.82, 2.24) is 15.0 Å². The first-order valence-corrected chi connectivity index (χ1v) is 10.5. The third-order valence-corrected chi connectivity index (χ3v) is 4.97. The molecule has 0 spiro atoms. The summed E-state index contributed by atoms with van der Waals surface area (Å²) in [6.45, 7) is 3.66. The number of nitrogens with one attached hydrogen (secondary N) is 2. The summed E-state index contributed by atoms with van der Waals surface area (Å²) >= 11 is 1.51. The number of aromatic nitrogens is 3. The van der Waals surface area contributed by atoms with Crippen molar-refractivity contribution in [2.24, 2.45) is 0 Å². The van der Waals surface area contributed by atoms with Crippen LogP contribution in [0.25, 0.3) is 0 Å². The number of rotatable bonds is 7. The molecule has 0 amide bonds. The molecule has 28 heavy (non-hydrogen) atoms. The Hall–Kier alpha value is -2.76. The molecule has 3 rings (SSSR count). The van der Waals surface area contributed by atoms with E-state index < -0.39 is 10.3 Å². The number of anilines is 2. The van der Waals surface area contributed by atoms with E-state index in [0.717, 1.165) is 16.3 Å². The second kappa shape index (κ2) is 8.09. The summed E-state index contributed by atoms with van der Waals surface area (Å²) in [6.07, 6.45) is 0.466. The number of hydrogen-bond donors (Lipinski definition) is 4. The van der Waals surface area contributed by atoms with Gasteiger partial charge in [0.15, 0.2) is 0 Å². The van der Waals surface area contributed by atoms with Crippen molar-refractivity contribution in [3.05, 3.63) is 57.7 Å². The monoisotopic (exact) mass is 420 g/mol. The van der Waals surface area contributed by atoms with E-state index in [1.807, 2.05) is 17.0 Å². The van der Waals surface area contributed by atoms with Gasteiger partial charge < -0.3 is 10.4 Å². The first-order chi connectivity index (χ1) is 13.2. The highest BCUT2D eigenvalue weighted by Gasteiger charge is 2.18. The third-order valence-electron chi connectivity index (χ3n) is 3.69. The Kier molecular flexibility index (Phi) is 5.77. The number of thiazole rings is 1. The molecule has 0 saturated heterocycles. The lowest BCUT2D eigenvalue weighted by Crippen LogP contribution is -2.16. The van der Waals surface area contributed by atoms with Gasteiger partial charge in [0.2, 0.25) is 11.8 Å². The third kappa shape index (κ3) is 5.62. The molecule has 1 unspecified atom stereocenters. The Balaban J connectivity index is 1.83. The zero-order valence-corrected chi connectivity index (χ0v) is 16.7. The Morgan fingerprint density at radius 3 is 2.61 bits per heavy atom. The van der Waals surface area contributed by atoms with E-state index in [0.29, 0.717) is 12.1 Å². The Bertz CT molecular complexity index is 1050. The molecule has 0 aliphatic carbocycles. The van der Waals surface area contributed by atoms with Crippen LogP contribution in [-0.4, -0.2) is 33.0 Å². The highest BCUT2D eigenvalue weighted by Crippen LogP contribution is 2.25. The van der Waals surface area contributed by atoms with Crippen LogP contribution in [0, 0.1) is 19.9 Å². The standard InChI is InChI=1S/C17H18N5O4S2/c1-10-7-16(23)21-17(18-10)20-14(15-9-27-11(2)19-15)8-12-3-5-13(6-4-12)22-28(24,25)26/h3,5-7,9,14,22H,8H2,1-2H3,(H,24,25,26)(H2,18,20,21,23). The van der Waals surface area contributed by atoms with Gasteiger partial charge in [-0.25, -0.2) is 9.97 Å². The zero-order valence-electron chi connectivity index (χ0n) is 15.0. The Morgan fingerprint density at radius 2 is 2.04 bits per heavy atom. The van der Waals surface area contributed by atoms with Crippen molar-refractivity contribution in [3.8, 4) is 5.88 Å². The molecule has 2 aromatic heterocycles. The average Bonchev–Trinajstić information content (AvgIpc) is 3.00. The maximum absolute atomic E-state index is 10.9. The molecule has 1 aromatic carbocycles. The van der Waals surface area contributed by atoms with Crippen LogP contribution in [0.4, 0.5) is 11.6 Å². The van der Waals surface area contributed by atoms with E-state index in [1.54, 1.807) is 13.0 Å². The molecule has 0 saturated carbocycles. The summed E-state index contributed by atoms with van der Waals surface area (Å²) in [4.78, 5) is 12.8. The second-order valence-corrected chi connectivity index (χ2v) is 8.28. The van der Waals surface area contributed by atoms with Gasteiger partial charge in [0, 0.05) is 17.1 Å². The van der Waals surface area contributed by atoms with Crippen molar-refractivity contribution >= 4 is 33.3 Å². The topological polar surface area (TPSA) is 137 Å². The molecule has 4 N–H and O–H groups in total. The van der Waals surface area contributed by atoms with Crippen LogP contribution in [0.3, 0.4) is 0 Å². The first-order valence-electron chi connectivity index (χ1n) is 8.17. The van der Waals surface area contributed by atoms with Crippen LogP contribution in [0.1, 0.15) is 28.0 Å². The summed E-state index contributed by atoms with van der Waals surface area (Å²) in [5.41, 5.74) is 2.39. The van der Waals surface area contributed by atoms with Gasteiger partial charge in [-0.2, -0.15) is 13.4 Å². The molecule has 147 valence electrons. The number of nitrogens with zero attached hydrogens (tertiary/aromatic N) is 3. The molecule has 3 aromatic rings. The second-order valence-electron chi connectivity index (χ2n) is 6.06. The highest BCUT2D eigenvalue weighted by molar-refractivity contribution is 7.87. The average molecular weight is 420 g/mol. The van der Waals surface area contributed by atoms with Crippen LogP contribution in [0.5, 0.6) is 5.88 Å². The van der Waals surface area contributed by atoms with Crippen LogP contribution < -0.4 is 10.0 Å². The summed E-state index contributed by atoms with van der Waals surface area (Å²) in [6, 6.07) is 8.80. The van der Waals surface area contributed by atoms with Crippen molar-refractivity contribution in [2.75, 3.05) is 10.0 Å². The van der Waals surface area contributed by atoms with Crippen LogP contribution in [-0.2, 0) is 16.7 Å². The summed E-state index contributed by atoms with van der Waals surface area (Å²) in [5, 5.41) is 15.7. The fourth-order valence-electron chi connectivity index (χ4n) is 2.56. The van der Waals surface area contributed by atoms with E-state index in [4.69, 9.17) is 4.55 Å². The number of aromatic hydroxyl groups is 1. The predicted octanol–water partition coefficient (Wildman–Crippen LogP) is 2.67. The van der Waals surface area contributed by atoms with Crippen LogP contribution >= 0.6 is 11.3 Å². The highest BCUT2D eigenvalue weighted by atomic mass is 32.2. The summed E-state index contributed by atoms with van der Waals surface area (Å²) < 4.78 is 32.6. The van der Waals surface area contributed by atoms with Gasteiger partial charge in [0.25, 0.3) is 0 Å². The first kappa shape index (κ1) is 20.0. The van der Waals surface area contributed by atoms with Gasteiger partial charge in [0.05, 0.1) is 22.4 Å². The molecule has 2 heterocycles. The van der Waals surface area contributed by atoms with Crippen molar-refractivity contribution in [2.45, 2.75) is 26.3 Å². The summed E-state index contributed by atoms with van der Waals surface area (Å²) in [5.74, 6) is 0.147. The molecule has 0 aliphatic rings. The maximum atomic E-state index is 10.9. The van der Waals surface area contributed by atoms with E-state index in [9.17, 15) is 13.5 Å². The van der Waals surface area contributed by atoms with E-state index in [2.05, 4.69) is 26.3 Å². The van der Waals surface area contributed by atoms with Crippen LogP contribution in [0.15, 0.2) is 29.6 Å². The summed E-state index contributed by atoms with van der Waals surface area (Å²) in [7, 11) is -4.33. The fraction of sp³-hybridized carbons (Fsp3) is 0.235. The van der Waals surface area contributed by atoms with Gasteiger partial charge in [-0.1, -0.05) is 6.07 Å². The largest absolute Gasteiger partial charge is 0.493 e. The van der Waals surface area contributed by atoms with E-state index >= 15 is 0 Å². The molecule has 1 atom stereocenters. The SMILES string of the molecule is Cc1cc(O)nc(NC(Cc2[c]cc(NS(=O)(=O)O)cc2)c2csc(C)n2)n1. The van der Waals surface area contributed by atoms with Crippen LogP contribution in [0.2, 0.25) is 0 Å². The minimum absolute atomic E-state index is 0.129. The Morgan fingerprint density at radius 1 is 1.25 bits per heavy atom. The smallest absolute Gasteiger partial charge is 0.357 e.